The molecule has 0 bridgehead atoms. The summed E-state index contributed by atoms with van der Waals surface area (Å²) in [4.78, 5) is 25.8. The normalized spacial score (nSPS) is 18.0. The van der Waals surface area contributed by atoms with Crippen molar-refractivity contribution in [2.75, 3.05) is 55.9 Å². The Morgan fingerprint density at radius 3 is 1.16 bits per heavy atom. The van der Waals surface area contributed by atoms with Gasteiger partial charge in [0.2, 0.25) is 0 Å². The van der Waals surface area contributed by atoms with Crippen molar-refractivity contribution in [1.29, 1.82) is 0 Å². The summed E-state index contributed by atoms with van der Waals surface area (Å²) < 4.78 is 51.0. The third-order valence-electron chi connectivity index (χ3n) is 9.24. The molecule has 4 aromatic rings. The molecule has 5 rings (SSSR count). The van der Waals surface area contributed by atoms with Gasteiger partial charge in [-0.25, -0.2) is 0 Å². The van der Waals surface area contributed by atoms with Crippen LogP contribution in [0.15, 0.2) is 72.8 Å². The van der Waals surface area contributed by atoms with Crippen LogP contribution in [0.2, 0.25) is 0 Å². The van der Waals surface area contributed by atoms with Crippen LogP contribution in [0.3, 0.4) is 0 Å². The molecule has 4 aromatic carbocycles. The monoisotopic (exact) mass is 700 g/mol. The Hall–Kier alpha value is -5.42. The van der Waals surface area contributed by atoms with Crippen LogP contribution in [0.25, 0.3) is 0 Å². The number of ether oxygens (including phenoxy) is 9. The molecular weight excluding hydrogens is 656 g/mol. The highest BCUT2D eigenvalue weighted by Gasteiger charge is 2.41. The summed E-state index contributed by atoms with van der Waals surface area (Å²) in [6, 6.07) is 21.2. The summed E-state index contributed by atoms with van der Waals surface area (Å²) >= 11 is 0. The maximum absolute atomic E-state index is 12.9. The van der Waals surface area contributed by atoms with Gasteiger partial charge in [0.05, 0.1) is 54.9 Å². The highest BCUT2D eigenvalue weighted by Crippen LogP contribution is 2.50. The zero-order chi connectivity index (χ0) is 36.7. The number of hydrogen-bond acceptors (Lipinski definition) is 11. The predicted octanol–water partition coefficient (Wildman–Crippen LogP) is 7.35. The number of carbonyl (C=O) groups is 2. The zero-order valence-corrected chi connectivity index (χ0v) is 30.1. The standard InChI is InChI=1S/C40H44O11/c1-23-24(2)40(28-12-16-34(38(20-28)48-8)50-22-30(42)26-10-14-32(44-4)36(18-26)46-6)51-39(23)27-11-15-33(37(19-27)47-7)49-21-29(41)25-9-13-31(43-3)35(17-25)45-5/h9-20,23-24,39-40H,21-22H2,1-8H3. The third kappa shape index (κ3) is 7.99. The van der Waals surface area contributed by atoms with E-state index in [0.717, 1.165) is 11.1 Å². The van der Waals surface area contributed by atoms with Crippen LogP contribution < -0.4 is 37.9 Å². The summed E-state index contributed by atoms with van der Waals surface area (Å²) in [5.41, 5.74) is 2.73. The second kappa shape index (κ2) is 16.5. The van der Waals surface area contributed by atoms with Gasteiger partial charge < -0.3 is 42.6 Å². The molecule has 1 saturated heterocycles. The van der Waals surface area contributed by atoms with Crippen LogP contribution in [0.1, 0.15) is 57.9 Å². The maximum Gasteiger partial charge on any atom is 0.200 e. The van der Waals surface area contributed by atoms with Crippen LogP contribution >= 0.6 is 0 Å². The van der Waals surface area contributed by atoms with Crippen molar-refractivity contribution < 1.29 is 52.2 Å². The number of methoxy groups -OCH3 is 6. The van der Waals surface area contributed by atoms with Crippen molar-refractivity contribution in [1.82, 2.24) is 0 Å². The number of Topliss-reactive ketones (excluding diaryl/α,β-unsaturated/α-hetero) is 2. The van der Waals surface area contributed by atoms with Crippen molar-refractivity contribution in [2.24, 2.45) is 11.8 Å². The van der Waals surface area contributed by atoms with Crippen molar-refractivity contribution in [3.63, 3.8) is 0 Å². The lowest BCUT2D eigenvalue weighted by Gasteiger charge is -2.19. The fraction of sp³-hybridized carbons (Fsp3) is 0.350. The van der Waals surface area contributed by atoms with Gasteiger partial charge in [0.1, 0.15) is 0 Å². The maximum atomic E-state index is 12.9. The van der Waals surface area contributed by atoms with E-state index in [4.69, 9.17) is 42.6 Å². The van der Waals surface area contributed by atoms with Crippen molar-refractivity contribution in [3.05, 3.63) is 95.1 Å². The molecule has 51 heavy (non-hydrogen) atoms. The number of ketones is 2. The van der Waals surface area contributed by atoms with Gasteiger partial charge >= 0.3 is 0 Å². The molecule has 0 spiro atoms. The van der Waals surface area contributed by atoms with E-state index in [1.807, 2.05) is 24.3 Å². The number of benzene rings is 4. The molecule has 11 nitrogen and oxygen atoms in total. The second-order valence-corrected chi connectivity index (χ2v) is 12.1. The second-order valence-electron chi connectivity index (χ2n) is 12.1. The molecule has 1 fully saturated rings. The Labute approximate surface area is 298 Å². The molecule has 270 valence electrons. The lowest BCUT2D eigenvalue weighted by Crippen LogP contribution is -2.13. The quantitative estimate of drug-likeness (QED) is 0.109. The lowest BCUT2D eigenvalue weighted by molar-refractivity contribution is 0.0287. The summed E-state index contributed by atoms with van der Waals surface area (Å²) in [5.74, 6) is 3.72. The summed E-state index contributed by atoms with van der Waals surface area (Å²) in [6.07, 6.45) is -0.468. The highest BCUT2D eigenvalue weighted by atomic mass is 16.5. The first kappa shape index (κ1) is 36.9. The molecule has 0 aliphatic carbocycles. The molecule has 0 aromatic heterocycles. The van der Waals surface area contributed by atoms with Crippen LogP contribution in [-0.2, 0) is 4.74 Å². The Balaban J connectivity index is 1.25. The van der Waals surface area contributed by atoms with E-state index in [-0.39, 0.29) is 48.8 Å². The lowest BCUT2D eigenvalue weighted by atomic mass is 9.85. The van der Waals surface area contributed by atoms with Gasteiger partial charge in [0, 0.05) is 11.1 Å². The fourth-order valence-corrected chi connectivity index (χ4v) is 6.15. The van der Waals surface area contributed by atoms with Crippen LogP contribution in [0, 0.1) is 11.8 Å². The largest absolute Gasteiger partial charge is 0.493 e. The van der Waals surface area contributed by atoms with Gasteiger partial charge in [0.15, 0.2) is 70.8 Å². The third-order valence-corrected chi connectivity index (χ3v) is 9.24. The molecule has 4 atom stereocenters. The van der Waals surface area contributed by atoms with Crippen LogP contribution in [-0.4, -0.2) is 67.4 Å². The minimum absolute atomic E-state index is 0.152. The van der Waals surface area contributed by atoms with Gasteiger partial charge in [-0.1, -0.05) is 26.0 Å². The SMILES string of the molecule is COc1ccc(C(=O)COc2ccc(C3OC(c4ccc(OCC(=O)c5ccc(OC)c(OC)c5)c(OC)c4)C(C)C3C)cc2OC)cc1OC. The Bertz CT molecular complexity index is 1720. The van der Waals surface area contributed by atoms with Gasteiger partial charge in [-0.2, -0.15) is 0 Å². The average molecular weight is 701 g/mol. The fourth-order valence-electron chi connectivity index (χ4n) is 6.15. The Morgan fingerprint density at radius 1 is 0.471 bits per heavy atom. The molecule has 0 amide bonds. The van der Waals surface area contributed by atoms with E-state index in [0.29, 0.717) is 57.1 Å². The van der Waals surface area contributed by atoms with E-state index in [9.17, 15) is 9.59 Å². The summed E-state index contributed by atoms with van der Waals surface area (Å²) in [5, 5.41) is 0. The Morgan fingerprint density at radius 2 is 0.804 bits per heavy atom. The topological polar surface area (TPSA) is 117 Å². The first-order chi connectivity index (χ1) is 24.6. The van der Waals surface area contributed by atoms with Gasteiger partial charge in [0.25, 0.3) is 0 Å². The number of rotatable bonds is 16. The molecule has 1 aliphatic heterocycles. The molecule has 0 saturated carbocycles. The predicted molar refractivity (Wildman–Crippen MR) is 190 cm³/mol. The first-order valence-electron chi connectivity index (χ1n) is 16.4. The van der Waals surface area contributed by atoms with Crippen LogP contribution in [0.5, 0.6) is 46.0 Å². The molecule has 0 radical (unpaired) electrons. The van der Waals surface area contributed by atoms with Crippen LogP contribution in [0.4, 0.5) is 0 Å². The molecule has 0 N–H and O–H groups in total. The summed E-state index contributed by atoms with van der Waals surface area (Å²) in [7, 11) is 9.23. The van der Waals surface area contributed by atoms with Crippen molar-refractivity contribution >= 4 is 11.6 Å². The minimum Gasteiger partial charge on any atom is -0.493 e. The van der Waals surface area contributed by atoms with E-state index in [1.54, 1.807) is 62.8 Å². The first-order valence-corrected chi connectivity index (χ1v) is 16.4. The van der Waals surface area contributed by atoms with E-state index < -0.39 is 0 Å². The van der Waals surface area contributed by atoms with E-state index in [1.165, 1.54) is 28.4 Å². The average Bonchev–Trinajstić information content (AvgIpc) is 3.47. The van der Waals surface area contributed by atoms with Gasteiger partial charge in [-0.15, -0.1) is 0 Å². The number of hydrogen-bond donors (Lipinski definition) is 0. The highest BCUT2D eigenvalue weighted by molar-refractivity contribution is 5.98. The molecular formula is C40H44O11. The Kier molecular flexibility index (Phi) is 11.9. The molecule has 1 heterocycles. The smallest absolute Gasteiger partial charge is 0.200 e. The van der Waals surface area contributed by atoms with E-state index >= 15 is 0 Å². The zero-order valence-electron chi connectivity index (χ0n) is 30.1. The minimum atomic E-state index is -0.234. The van der Waals surface area contributed by atoms with E-state index in [2.05, 4.69) is 13.8 Å². The van der Waals surface area contributed by atoms with Gasteiger partial charge in [-0.05, 0) is 83.6 Å². The molecule has 4 unspecified atom stereocenters. The molecule has 11 heteroatoms. The van der Waals surface area contributed by atoms with Crippen molar-refractivity contribution in [3.8, 4) is 46.0 Å². The number of carbonyl (C=O) groups excluding carboxylic acids is 2. The molecule has 1 aliphatic rings. The summed E-state index contributed by atoms with van der Waals surface area (Å²) in [6.45, 7) is 3.93. The van der Waals surface area contributed by atoms with Gasteiger partial charge in [-0.3, -0.25) is 9.59 Å². The van der Waals surface area contributed by atoms with Crippen molar-refractivity contribution in [2.45, 2.75) is 26.1 Å².